The van der Waals surface area contributed by atoms with Crippen LogP contribution in [0, 0.1) is 5.92 Å². The molecule has 3 nitrogen and oxygen atoms in total. The van der Waals surface area contributed by atoms with Crippen molar-refractivity contribution in [1.82, 2.24) is 5.32 Å². The van der Waals surface area contributed by atoms with E-state index in [0.29, 0.717) is 5.92 Å². The minimum Gasteiger partial charge on any atom is -0.480 e. The number of hydrogen-bond donors (Lipinski definition) is 2. The Morgan fingerprint density at radius 1 is 1.54 bits per heavy atom. The van der Waals surface area contributed by atoms with Gasteiger partial charge in [0.15, 0.2) is 0 Å². The first-order chi connectivity index (χ1) is 6.07. The lowest BCUT2D eigenvalue weighted by atomic mass is 9.76. The zero-order valence-electron chi connectivity index (χ0n) is 8.47. The molecule has 1 saturated carbocycles. The fraction of sp³-hybridized carbons (Fsp3) is 0.900. The van der Waals surface area contributed by atoms with Crippen molar-refractivity contribution in [3.8, 4) is 0 Å². The SMILES string of the molecule is CC(C)CCNC1(C(=O)O)CCC1. The van der Waals surface area contributed by atoms with Crippen molar-refractivity contribution in [2.24, 2.45) is 5.92 Å². The van der Waals surface area contributed by atoms with Gasteiger partial charge >= 0.3 is 5.97 Å². The molecule has 76 valence electrons. The number of carboxylic acid groups (broad SMARTS) is 1. The van der Waals surface area contributed by atoms with Gasteiger partial charge in [0.25, 0.3) is 0 Å². The van der Waals surface area contributed by atoms with E-state index in [2.05, 4.69) is 19.2 Å². The zero-order valence-corrected chi connectivity index (χ0v) is 8.47. The molecule has 13 heavy (non-hydrogen) atoms. The van der Waals surface area contributed by atoms with Crippen LogP contribution in [0.4, 0.5) is 0 Å². The molecule has 0 radical (unpaired) electrons. The van der Waals surface area contributed by atoms with E-state index in [1.54, 1.807) is 0 Å². The molecule has 3 heteroatoms. The molecule has 0 amide bonds. The molecule has 0 bridgehead atoms. The fourth-order valence-corrected chi connectivity index (χ4v) is 1.60. The first-order valence-electron chi connectivity index (χ1n) is 5.05. The number of rotatable bonds is 5. The summed E-state index contributed by atoms with van der Waals surface area (Å²) in [7, 11) is 0. The second kappa shape index (κ2) is 4.09. The Balaban J connectivity index is 2.28. The van der Waals surface area contributed by atoms with E-state index >= 15 is 0 Å². The quantitative estimate of drug-likeness (QED) is 0.684. The Bertz CT molecular complexity index is 185. The highest BCUT2D eigenvalue weighted by Gasteiger charge is 2.43. The molecule has 0 heterocycles. The van der Waals surface area contributed by atoms with Gasteiger partial charge in [0, 0.05) is 0 Å². The summed E-state index contributed by atoms with van der Waals surface area (Å²) in [5.41, 5.74) is -0.575. The average Bonchev–Trinajstić information content (AvgIpc) is 1.93. The Hall–Kier alpha value is -0.570. The first kappa shape index (κ1) is 10.5. The lowest BCUT2D eigenvalue weighted by Gasteiger charge is -2.38. The summed E-state index contributed by atoms with van der Waals surface area (Å²) in [6.07, 6.45) is 3.68. The van der Waals surface area contributed by atoms with Gasteiger partial charge in [-0.05, 0) is 38.1 Å². The predicted molar refractivity (Wildman–Crippen MR) is 51.7 cm³/mol. The van der Waals surface area contributed by atoms with Crippen molar-refractivity contribution in [3.63, 3.8) is 0 Å². The lowest BCUT2D eigenvalue weighted by Crippen LogP contribution is -2.57. The van der Waals surface area contributed by atoms with Gasteiger partial charge in [0.2, 0.25) is 0 Å². The van der Waals surface area contributed by atoms with Gasteiger partial charge in [-0.3, -0.25) is 4.79 Å². The maximum Gasteiger partial charge on any atom is 0.323 e. The molecular formula is C10H19NO2. The largest absolute Gasteiger partial charge is 0.480 e. The topological polar surface area (TPSA) is 49.3 Å². The number of nitrogens with one attached hydrogen (secondary N) is 1. The molecule has 0 aromatic rings. The molecule has 2 N–H and O–H groups in total. The lowest BCUT2D eigenvalue weighted by molar-refractivity contribution is -0.148. The minimum atomic E-state index is -0.678. The molecule has 1 aliphatic rings. The summed E-state index contributed by atoms with van der Waals surface area (Å²) in [6.45, 7) is 5.12. The summed E-state index contributed by atoms with van der Waals surface area (Å²) in [5.74, 6) is -0.0408. The molecule has 0 spiro atoms. The Labute approximate surface area is 79.5 Å². The van der Waals surface area contributed by atoms with Crippen LogP contribution in [-0.4, -0.2) is 23.2 Å². The average molecular weight is 185 g/mol. The van der Waals surface area contributed by atoms with E-state index < -0.39 is 11.5 Å². The minimum absolute atomic E-state index is 0.575. The van der Waals surface area contributed by atoms with Crippen LogP contribution in [0.3, 0.4) is 0 Å². The predicted octanol–water partition coefficient (Wildman–Crippen LogP) is 1.63. The van der Waals surface area contributed by atoms with Crippen LogP contribution in [0.15, 0.2) is 0 Å². The molecule has 1 rings (SSSR count). The van der Waals surface area contributed by atoms with E-state index in [4.69, 9.17) is 5.11 Å². The number of carboxylic acids is 1. The van der Waals surface area contributed by atoms with Crippen LogP contribution < -0.4 is 5.32 Å². The van der Waals surface area contributed by atoms with Crippen molar-refractivity contribution in [3.05, 3.63) is 0 Å². The Kier molecular flexibility index (Phi) is 3.31. The van der Waals surface area contributed by atoms with E-state index in [9.17, 15) is 4.79 Å². The summed E-state index contributed by atoms with van der Waals surface area (Å²) in [5, 5.41) is 12.2. The maximum absolute atomic E-state index is 10.9. The third-order valence-electron chi connectivity index (χ3n) is 2.80. The Morgan fingerprint density at radius 3 is 2.46 bits per heavy atom. The summed E-state index contributed by atoms with van der Waals surface area (Å²) >= 11 is 0. The second-order valence-electron chi connectivity index (χ2n) is 4.35. The van der Waals surface area contributed by atoms with E-state index in [1.807, 2.05) is 0 Å². The van der Waals surface area contributed by atoms with Gasteiger partial charge in [-0.2, -0.15) is 0 Å². The maximum atomic E-state index is 10.9. The first-order valence-corrected chi connectivity index (χ1v) is 5.05. The third kappa shape index (κ3) is 2.44. The molecule has 1 fully saturated rings. The van der Waals surface area contributed by atoms with Crippen LogP contribution in [-0.2, 0) is 4.79 Å². The second-order valence-corrected chi connectivity index (χ2v) is 4.35. The van der Waals surface area contributed by atoms with Gasteiger partial charge in [-0.15, -0.1) is 0 Å². The van der Waals surface area contributed by atoms with Crippen LogP contribution in [0.5, 0.6) is 0 Å². The molecular weight excluding hydrogens is 166 g/mol. The number of aliphatic carboxylic acids is 1. The highest BCUT2D eigenvalue weighted by atomic mass is 16.4. The van der Waals surface area contributed by atoms with Crippen molar-refractivity contribution < 1.29 is 9.90 Å². The third-order valence-corrected chi connectivity index (χ3v) is 2.80. The molecule has 0 atom stereocenters. The highest BCUT2D eigenvalue weighted by molar-refractivity contribution is 5.79. The van der Waals surface area contributed by atoms with Crippen molar-refractivity contribution in [1.29, 1.82) is 0 Å². The van der Waals surface area contributed by atoms with Gasteiger partial charge in [0.05, 0.1) is 0 Å². The summed E-state index contributed by atoms with van der Waals surface area (Å²) in [4.78, 5) is 10.9. The number of carbonyl (C=O) groups is 1. The smallest absolute Gasteiger partial charge is 0.323 e. The molecule has 1 aliphatic carbocycles. The molecule has 0 aromatic carbocycles. The van der Waals surface area contributed by atoms with Gasteiger partial charge in [0.1, 0.15) is 5.54 Å². The summed E-state index contributed by atoms with van der Waals surface area (Å²) in [6, 6.07) is 0. The van der Waals surface area contributed by atoms with Crippen molar-refractivity contribution >= 4 is 5.97 Å². The molecule has 0 unspecified atom stereocenters. The standard InChI is InChI=1S/C10H19NO2/c1-8(2)4-7-11-10(9(12)13)5-3-6-10/h8,11H,3-7H2,1-2H3,(H,12,13). The molecule has 0 aliphatic heterocycles. The van der Waals surface area contributed by atoms with Crippen LogP contribution in [0.25, 0.3) is 0 Å². The van der Waals surface area contributed by atoms with E-state index in [0.717, 1.165) is 32.2 Å². The normalized spacial score (nSPS) is 19.9. The van der Waals surface area contributed by atoms with E-state index in [1.165, 1.54) is 0 Å². The molecule has 0 saturated heterocycles. The van der Waals surface area contributed by atoms with Crippen LogP contribution in [0.1, 0.15) is 39.5 Å². The van der Waals surface area contributed by atoms with Crippen LogP contribution >= 0.6 is 0 Å². The van der Waals surface area contributed by atoms with Gasteiger partial charge < -0.3 is 10.4 Å². The van der Waals surface area contributed by atoms with Crippen molar-refractivity contribution in [2.45, 2.75) is 45.1 Å². The Morgan fingerprint density at radius 2 is 2.15 bits per heavy atom. The van der Waals surface area contributed by atoms with Gasteiger partial charge in [-0.1, -0.05) is 13.8 Å². The zero-order chi connectivity index (χ0) is 9.90. The van der Waals surface area contributed by atoms with Crippen LogP contribution in [0.2, 0.25) is 0 Å². The highest BCUT2D eigenvalue weighted by Crippen LogP contribution is 2.31. The van der Waals surface area contributed by atoms with Crippen molar-refractivity contribution in [2.75, 3.05) is 6.54 Å². The summed E-state index contributed by atoms with van der Waals surface area (Å²) < 4.78 is 0. The number of hydrogen-bond acceptors (Lipinski definition) is 2. The monoisotopic (exact) mass is 185 g/mol. The van der Waals surface area contributed by atoms with E-state index in [-0.39, 0.29) is 0 Å². The molecule has 0 aromatic heterocycles. The van der Waals surface area contributed by atoms with Gasteiger partial charge in [-0.25, -0.2) is 0 Å². The fourth-order valence-electron chi connectivity index (χ4n) is 1.60.